The molecule has 1 aliphatic rings. The number of hydrogen-bond acceptors (Lipinski definition) is 3. The van der Waals surface area contributed by atoms with E-state index in [0.29, 0.717) is 25.3 Å². The topological polar surface area (TPSA) is 78.3 Å². The van der Waals surface area contributed by atoms with Gasteiger partial charge >= 0.3 is 0 Å². The predicted molar refractivity (Wildman–Crippen MR) is 57.2 cm³/mol. The van der Waals surface area contributed by atoms with Crippen molar-refractivity contribution in [1.29, 1.82) is 0 Å². The van der Waals surface area contributed by atoms with Crippen LogP contribution in [0.2, 0.25) is 0 Å². The Kier molecular flexibility index (Phi) is 2.36. The number of nitrogens with two attached hydrogens (primary N) is 2. The molecule has 0 spiro atoms. The second kappa shape index (κ2) is 3.55. The molecule has 1 aromatic rings. The fraction of sp³-hybridized carbons (Fsp3) is 0.364. The first-order valence-corrected chi connectivity index (χ1v) is 4.84. The van der Waals surface area contributed by atoms with Crippen LogP contribution in [0.5, 0.6) is 0 Å². The highest BCUT2D eigenvalue weighted by Crippen LogP contribution is 2.36. The summed E-state index contributed by atoms with van der Waals surface area (Å²) in [5.74, 6) is -0.305. The fourth-order valence-electron chi connectivity index (χ4n) is 1.92. The van der Waals surface area contributed by atoms with Crippen LogP contribution in [-0.4, -0.2) is 19.1 Å². The molecule has 80 valence electrons. The first-order chi connectivity index (χ1) is 7.12. The van der Waals surface area contributed by atoms with Crippen LogP contribution in [0.1, 0.15) is 12.0 Å². The van der Waals surface area contributed by atoms with Gasteiger partial charge in [-0.15, -0.1) is 0 Å². The zero-order valence-electron chi connectivity index (χ0n) is 8.40. The molecule has 4 nitrogen and oxygen atoms in total. The van der Waals surface area contributed by atoms with E-state index in [1.54, 1.807) is 0 Å². The molecule has 0 bridgehead atoms. The average molecular weight is 206 g/mol. The van der Waals surface area contributed by atoms with Gasteiger partial charge in [0, 0.05) is 12.1 Å². The smallest absolute Gasteiger partial charge is 0.218 e. The average Bonchev–Trinajstić information content (AvgIpc) is 2.11. The Bertz CT molecular complexity index is 386. The molecule has 0 atom stereocenters. The number of carbonyl (C=O) groups excluding carboxylic acids is 1. The number of primary amides is 1. The molecule has 1 aliphatic heterocycles. The highest BCUT2D eigenvalue weighted by Gasteiger charge is 2.41. The Morgan fingerprint density at radius 1 is 1.47 bits per heavy atom. The highest BCUT2D eigenvalue weighted by molar-refractivity contribution is 5.76. The summed E-state index contributed by atoms with van der Waals surface area (Å²) in [5, 5.41) is 0. The normalized spacial score (nSPS) is 18.1. The van der Waals surface area contributed by atoms with E-state index in [9.17, 15) is 4.79 Å². The van der Waals surface area contributed by atoms with Gasteiger partial charge in [0.05, 0.1) is 18.6 Å². The lowest BCUT2D eigenvalue weighted by Crippen LogP contribution is -2.49. The molecule has 0 saturated carbocycles. The standard InChI is InChI=1S/C11H14N2O2/c12-9-3-1-2-8(4-9)11(5-10(13)14)6-15-7-11/h1-4H,5-7,12H2,(H2,13,14). The van der Waals surface area contributed by atoms with Gasteiger partial charge in [-0.05, 0) is 17.7 Å². The maximum Gasteiger partial charge on any atom is 0.218 e. The number of hydrogen-bond donors (Lipinski definition) is 2. The van der Waals surface area contributed by atoms with E-state index in [1.807, 2.05) is 24.3 Å². The number of benzene rings is 1. The van der Waals surface area contributed by atoms with Gasteiger partial charge in [-0.25, -0.2) is 0 Å². The SMILES string of the molecule is NC(=O)CC1(c2cccc(N)c2)COC1. The fourth-order valence-corrected chi connectivity index (χ4v) is 1.92. The van der Waals surface area contributed by atoms with E-state index in [2.05, 4.69) is 0 Å². The minimum absolute atomic E-state index is 0.249. The number of carbonyl (C=O) groups is 1. The van der Waals surface area contributed by atoms with Gasteiger partial charge in [0.25, 0.3) is 0 Å². The van der Waals surface area contributed by atoms with Crippen molar-refractivity contribution in [3.8, 4) is 0 Å². The maximum absolute atomic E-state index is 11.0. The molecule has 4 heteroatoms. The third-order valence-corrected chi connectivity index (χ3v) is 2.77. The highest BCUT2D eigenvalue weighted by atomic mass is 16.5. The zero-order chi connectivity index (χ0) is 10.9. The van der Waals surface area contributed by atoms with Gasteiger partial charge in [-0.3, -0.25) is 4.79 Å². The van der Waals surface area contributed by atoms with E-state index in [1.165, 1.54) is 0 Å². The number of amides is 1. The largest absolute Gasteiger partial charge is 0.399 e. The second-order valence-electron chi connectivity index (χ2n) is 4.04. The minimum atomic E-state index is -0.305. The summed E-state index contributed by atoms with van der Waals surface area (Å²) in [6, 6.07) is 7.54. The molecule has 1 aromatic carbocycles. The second-order valence-corrected chi connectivity index (χ2v) is 4.04. The van der Waals surface area contributed by atoms with Gasteiger partial charge in [-0.1, -0.05) is 12.1 Å². The Labute approximate surface area is 88.2 Å². The van der Waals surface area contributed by atoms with E-state index in [4.69, 9.17) is 16.2 Å². The van der Waals surface area contributed by atoms with Gasteiger partial charge in [0.2, 0.25) is 5.91 Å². The molecule has 15 heavy (non-hydrogen) atoms. The molecule has 0 aliphatic carbocycles. The quantitative estimate of drug-likeness (QED) is 0.703. The summed E-state index contributed by atoms with van der Waals surface area (Å²) >= 11 is 0. The first kappa shape index (κ1) is 9.98. The molecule has 1 heterocycles. The molecule has 1 saturated heterocycles. The van der Waals surface area contributed by atoms with Crippen molar-refractivity contribution >= 4 is 11.6 Å². The van der Waals surface area contributed by atoms with Crippen LogP contribution >= 0.6 is 0 Å². The number of rotatable bonds is 3. The Balaban J connectivity index is 2.29. The Morgan fingerprint density at radius 3 is 2.67 bits per heavy atom. The third-order valence-electron chi connectivity index (χ3n) is 2.77. The summed E-state index contributed by atoms with van der Waals surface area (Å²) in [7, 11) is 0. The number of nitrogen functional groups attached to an aromatic ring is 1. The number of anilines is 1. The molecule has 1 fully saturated rings. The van der Waals surface area contributed by atoms with Crippen molar-refractivity contribution in [2.75, 3.05) is 18.9 Å². The lowest BCUT2D eigenvalue weighted by molar-refractivity contribution is -0.126. The van der Waals surface area contributed by atoms with Crippen LogP contribution in [0, 0.1) is 0 Å². The van der Waals surface area contributed by atoms with Crippen LogP contribution in [-0.2, 0) is 14.9 Å². The van der Waals surface area contributed by atoms with E-state index >= 15 is 0 Å². The summed E-state index contributed by atoms with van der Waals surface area (Å²) in [4.78, 5) is 11.0. The monoisotopic (exact) mass is 206 g/mol. The molecule has 1 amide bonds. The van der Waals surface area contributed by atoms with E-state index in [0.717, 1.165) is 5.56 Å². The summed E-state index contributed by atoms with van der Waals surface area (Å²) in [6.45, 7) is 1.08. The minimum Gasteiger partial charge on any atom is -0.399 e. The summed E-state index contributed by atoms with van der Waals surface area (Å²) in [5.41, 5.74) is 12.4. The first-order valence-electron chi connectivity index (χ1n) is 4.84. The van der Waals surface area contributed by atoms with Crippen LogP contribution < -0.4 is 11.5 Å². The van der Waals surface area contributed by atoms with E-state index < -0.39 is 0 Å². The van der Waals surface area contributed by atoms with Crippen molar-refractivity contribution in [2.45, 2.75) is 11.8 Å². The van der Waals surface area contributed by atoms with Crippen LogP contribution in [0.25, 0.3) is 0 Å². The van der Waals surface area contributed by atoms with Crippen molar-refractivity contribution < 1.29 is 9.53 Å². The number of ether oxygens (including phenoxy) is 1. The molecule has 4 N–H and O–H groups in total. The van der Waals surface area contributed by atoms with Crippen LogP contribution in [0.3, 0.4) is 0 Å². The van der Waals surface area contributed by atoms with Crippen molar-refractivity contribution in [2.24, 2.45) is 5.73 Å². The van der Waals surface area contributed by atoms with E-state index in [-0.39, 0.29) is 11.3 Å². The van der Waals surface area contributed by atoms with Crippen molar-refractivity contribution in [3.05, 3.63) is 29.8 Å². The Hall–Kier alpha value is -1.55. The molecule has 0 aromatic heterocycles. The van der Waals surface area contributed by atoms with Crippen LogP contribution in [0.4, 0.5) is 5.69 Å². The van der Waals surface area contributed by atoms with Crippen molar-refractivity contribution in [1.82, 2.24) is 0 Å². The lowest BCUT2D eigenvalue weighted by atomic mass is 9.75. The van der Waals surface area contributed by atoms with Gasteiger partial charge < -0.3 is 16.2 Å². The van der Waals surface area contributed by atoms with Crippen molar-refractivity contribution in [3.63, 3.8) is 0 Å². The molecule has 0 radical (unpaired) electrons. The zero-order valence-corrected chi connectivity index (χ0v) is 8.40. The molecule has 0 unspecified atom stereocenters. The Morgan fingerprint density at radius 2 is 2.20 bits per heavy atom. The third kappa shape index (κ3) is 1.80. The van der Waals surface area contributed by atoms with Crippen LogP contribution in [0.15, 0.2) is 24.3 Å². The predicted octanol–water partition coefficient (Wildman–Crippen LogP) is 0.412. The summed E-state index contributed by atoms with van der Waals surface area (Å²) in [6.07, 6.45) is 0.316. The van der Waals surface area contributed by atoms with Gasteiger partial charge in [-0.2, -0.15) is 0 Å². The van der Waals surface area contributed by atoms with Gasteiger partial charge in [0.1, 0.15) is 0 Å². The molecular weight excluding hydrogens is 192 g/mol. The maximum atomic E-state index is 11.0. The van der Waals surface area contributed by atoms with Gasteiger partial charge in [0.15, 0.2) is 0 Å². The molecule has 2 rings (SSSR count). The molecular formula is C11H14N2O2. The lowest BCUT2D eigenvalue weighted by Gasteiger charge is -2.41. The summed E-state index contributed by atoms with van der Waals surface area (Å²) < 4.78 is 5.18.